The molecule has 18 heavy (non-hydrogen) atoms. The molecular formula is C10H16N2O4S2. The lowest BCUT2D eigenvalue weighted by molar-refractivity contribution is 0.0697. The fourth-order valence-corrected chi connectivity index (χ4v) is 2.78. The van der Waals surface area contributed by atoms with E-state index in [0.29, 0.717) is 13.1 Å². The fourth-order valence-electron chi connectivity index (χ4n) is 1.18. The van der Waals surface area contributed by atoms with Gasteiger partial charge in [-0.05, 0) is 6.07 Å². The number of sulfonamides is 1. The van der Waals surface area contributed by atoms with E-state index in [9.17, 15) is 13.2 Å². The molecule has 1 rings (SSSR count). The molecule has 102 valence electrons. The zero-order valence-electron chi connectivity index (χ0n) is 10.2. The highest BCUT2D eigenvalue weighted by Gasteiger charge is 2.12. The highest BCUT2D eigenvalue weighted by molar-refractivity contribution is 7.89. The molecule has 0 saturated carbocycles. The van der Waals surface area contributed by atoms with E-state index in [-0.39, 0.29) is 11.3 Å². The molecule has 1 aromatic rings. The number of nitrogens with one attached hydrogen (secondary N) is 1. The first kappa shape index (κ1) is 15.1. The van der Waals surface area contributed by atoms with Crippen LogP contribution in [0.4, 0.5) is 0 Å². The van der Waals surface area contributed by atoms with E-state index in [1.165, 1.54) is 29.7 Å². The Morgan fingerprint density at radius 2 is 2.17 bits per heavy atom. The molecule has 1 heterocycles. The van der Waals surface area contributed by atoms with Crippen LogP contribution in [0.2, 0.25) is 0 Å². The number of rotatable bonds is 7. The lowest BCUT2D eigenvalue weighted by Gasteiger charge is -2.11. The molecule has 0 aliphatic carbocycles. The number of nitrogens with zero attached hydrogens (tertiary/aromatic N) is 1. The van der Waals surface area contributed by atoms with Gasteiger partial charge >= 0.3 is 5.97 Å². The first-order valence-corrected chi connectivity index (χ1v) is 7.73. The maximum absolute atomic E-state index is 11.4. The number of aromatic carboxylic acids is 1. The second kappa shape index (κ2) is 6.28. The summed E-state index contributed by atoms with van der Waals surface area (Å²) in [6.45, 7) is 0.807. The first-order valence-electron chi connectivity index (χ1n) is 5.24. The van der Waals surface area contributed by atoms with E-state index in [4.69, 9.17) is 5.11 Å². The number of carboxylic acids is 1. The van der Waals surface area contributed by atoms with Crippen LogP contribution in [0.25, 0.3) is 0 Å². The van der Waals surface area contributed by atoms with Crippen LogP contribution in [0.15, 0.2) is 11.4 Å². The first-order chi connectivity index (χ1) is 8.33. The van der Waals surface area contributed by atoms with Gasteiger partial charge in [-0.3, -0.25) is 0 Å². The highest BCUT2D eigenvalue weighted by atomic mass is 32.2. The molecule has 0 spiro atoms. The zero-order chi connectivity index (χ0) is 13.8. The van der Waals surface area contributed by atoms with Gasteiger partial charge in [0.15, 0.2) is 0 Å². The molecule has 0 amide bonds. The number of hydrogen-bond donors (Lipinski definition) is 2. The Kier molecular flexibility index (Phi) is 5.27. The van der Waals surface area contributed by atoms with Crippen LogP contribution >= 0.6 is 11.3 Å². The topological polar surface area (TPSA) is 86.7 Å². The third-order valence-electron chi connectivity index (χ3n) is 2.29. The van der Waals surface area contributed by atoms with Crippen LogP contribution in [-0.2, 0) is 16.6 Å². The Morgan fingerprint density at radius 3 is 2.67 bits per heavy atom. The van der Waals surface area contributed by atoms with Gasteiger partial charge in [-0.2, -0.15) is 0 Å². The maximum atomic E-state index is 11.4. The summed E-state index contributed by atoms with van der Waals surface area (Å²) in [7, 11) is -0.193. The average Bonchev–Trinajstić information content (AvgIpc) is 2.73. The summed E-state index contributed by atoms with van der Waals surface area (Å²) >= 11 is 1.34. The van der Waals surface area contributed by atoms with Crippen molar-refractivity contribution in [2.45, 2.75) is 6.54 Å². The maximum Gasteiger partial charge on any atom is 0.336 e. The molecule has 2 N–H and O–H groups in total. The minimum absolute atomic E-state index is 0.0250. The molecule has 0 saturated heterocycles. The van der Waals surface area contributed by atoms with Crippen molar-refractivity contribution < 1.29 is 18.3 Å². The smallest absolute Gasteiger partial charge is 0.336 e. The zero-order valence-corrected chi connectivity index (χ0v) is 11.8. The molecule has 0 bridgehead atoms. The number of thiophene rings is 1. The van der Waals surface area contributed by atoms with Gasteiger partial charge in [0.1, 0.15) is 0 Å². The van der Waals surface area contributed by atoms with Crippen LogP contribution in [0, 0.1) is 0 Å². The van der Waals surface area contributed by atoms with Crippen molar-refractivity contribution >= 4 is 27.3 Å². The second-order valence-corrected chi connectivity index (χ2v) is 7.18. The van der Waals surface area contributed by atoms with Crippen molar-refractivity contribution in [2.24, 2.45) is 0 Å². The predicted octanol–water partition coefficient (Wildman–Crippen LogP) is 0.427. The molecule has 8 heteroatoms. The average molecular weight is 292 g/mol. The van der Waals surface area contributed by atoms with Crippen LogP contribution in [-0.4, -0.2) is 50.2 Å². The van der Waals surface area contributed by atoms with E-state index in [1.54, 1.807) is 11.4 Å². The largest absolute Gasteiger partial charge is 0.478 e. The monoisotopic (exact) mass is 292 g/mol. The van der Waals surface area contributed by atoms with E-state index in [2.05, 4.69) is 5.32 Å². The van der Waals surface area contributed by atoms with Gasteiger partial charge in [-0.25, -0.2) is 17.5 Å². The van der Waals surface area contributed by atoms with Gasteiger partial charge in [0, 0.05) is 37.4 Å². The summed E-state index contributed by atoms with van der Waals surface area (Å²) < 4.78 is 24.1. The van der Waals surface area contributed by atoms with Gasteiger partial charge in [0.2, 0.25) is 10.0 Å². The van der Waals surface area contributed by atoms with Gasteiger partial charge in [-0.15, -0.1) is 11.3 Å². The summed E-state index contributed by atoms with van der Waals surface area (Å²) in [5, 5.41) is 13.3. The summed E-state index contributed by atoms with van der Waals surface area (Å²) in [5.74, 6) is -0.926. The summed E-state index contributed by atoms with van der Waals surface area (Å²) in [6, 6.07) is 1.58. The third kappa shape index (κ3) is 4.37. The van der Waals surface area contributed by atoms with Crippen molar-refractivity contribution in [3.8, 4) is 0 Å². The van der Waals surface area contributed by atoms with Crippen molar-refractivity contribution in [3.63, 3.8) is 0 Å². The van der Waals surface area contributed by atoms with Crippen LogP contribution < -0.4 is 5.32 Å². The molecule has 0 aliphatic heterocycles. The Labute approximate surface area is 110 Å². The van der Waals surface area contributed by atoms with E-state index in [1.807, 2.05) is 0 Å². The van der Waals surface area contributed by atoms with E-state index in [0.717, 1.165) is 4.88 Å². The van der Waals surface area contributed by atoms with Crippen molar-refractivity contribution in [1.82, 2.24) is 9.62 Å². The van der Waals surface area contributed by atoms with Crippen molar-refractivity contribution in [2.75, 3.05) is 26.4 Å². The van der Waals surface area contributed by atoms with E-state index < -0.39 is 16.0 Å². The summed E-state index contributed by atoms with van der Waals surface area (Å²) in [6.07, 6.45) is 0. The molecule has 0 fully saturated rings. The molecule has 6 nitrogen and oxygen atoms in total. The lowest BCUT2D eigenvalue weighted by atomic mass is 10.3. The Balaban J connectivity index is 2.36. The predicted molar refractivity (Wildman–Crippen MR) is 70.5 cm³/mol. The van der Waals surface area contributed by atoms with E-state index >= 15 is 0 Å². The third-order valence-corrected chi connectivity index (χ3v) is 5.06. The molecular weight excluding hydrogens is 276 g/mol. The minimum atomic E-state index is -3.18. The van der Waals surface area contributed by atoms with Gasteiger partial charge < -0.3 is 10.4 Å². The molecule has 0 aromatic carbocycles. The van der Waals surface area contributed by atoms with Crippen LogP contribution in [0.3, 0.4) is 0 Å². The summed E-state index contributed by atoms with van der Waals surface area (Å²) in [5.41, 5.74) is 0.262. The molecule has 0 radical (unpaired) electrons. The number of carbonyl (C=O) groups is 1. The Hall–Kier alpha value is -0.960. The van der Waals surface area contributed by atoms with Crippen LogP contribution in [0.5, 0.6) is 0 Å². The summed E-state index contributed by atoms with van der Waals surface area (Å²) in [4.78, 5) is 11.5. The Bertz CT molecular complexity index is 508. The lowest BCUT2D eigenvalue weighted by Crippen LogP contribution is -2.30. The van der Waals surface area contributed by atoms with Crippen molar-refractivity contribution in [3.05, 3.63) is 21.9 Å². The van der Waals surface area contributed by atoms with Crippen molar-refractivity contribution in [1.29, 1.82) is 0 Å². The van der Waals surface area contributed by atoms with Crippen LogP contribution in [0.1, 0.15) is 15.2 Å². The fraction of sp³-hybridized carbons (Fsp3) is 0.500. The quantitative estimate of drug-likeness (QED) is 0.712. The molecule has 0 unspecified atom stereocenters. The highest BCUT2D eigenvalue weighted by Crippen LogP contribution is 2.14. The standard InChI is InChI=1S/C10H16N2O4S2/c1-12(2)18(15,16)4-3-11-6-9-5-8(7-17-9)10(13)14/h5,7,11H,3-4,6H2,1-2H3,(H,13,14). The molecule has 0 atom stereocenters. The number of carboxylic acid groups (broad SMARTS) is 1. The SMILES string of the molecule is CN(C)S(=O)(=O)CCNCc1cc(C(=O)O)cs1. The minimum Gasteiger partial charge on any atom is -0.478 e. The Morgan fingerprint density at radius 1 is 1.50 bits per heavy atom. The second-order valence-electron chi connectivity index (χ2n) is 3.88. The number of hydrogen-bond acceptors (Lipinski definition) is 5. The van der Waals surface area contributed by atoms with Gasteiger partial charge in [0.25, 0.3) is 0 Å². The van der Waals surface area contributed by atoms with Gasteiger partial charge in [0.05, 0.1) is 11.3 Å². The molecule has 1 aromatic heterocycles. The normalized spacial score (nSPS) is 11.9. The molecule has 0 aliphatic rings. The van der Waals surface area contributed by atoms with Gasteiger partial charge in [-0.1, -0.05) is 0 Å².